The zero-order valence-corrected chi connectivity index (χ0v) is 20.3. The van der Waals surface area contributed by atoms with Gasteiger partial charge in [-0.15, -0.1) is 0 Å². The van der Waals surface area contributed by atoms with E-state index in [0.717, 1.165) is 48.5 Å². The van der Waals surface area contributed by atoms with E-state index in [1.54, 1.807) is 0 Å². The summed E-state index contributed by atoms with van der Waals surface area (Å²) in [6.07, 6.45) is -14.7. The summed E-state index contributed by atoms with van der Waals surface area (Å²) >= 11 is 0. The van der Waals surface area contributed by atoms with Crippen LogP contribution in [0.3, 0.4) is 0 Å². The van der Waals surface area contributed by atoms with Crippen LogP contribution >= 0.6 is 10.2 Å². The minimum absolute atomic E-state index is 0.282. The van der Waals surface area contributed by atoms with Crippen LogP contribution in [0.4, 0.5) is 43.9 Å². The lowest BCUT2D eigenvalue weighted by atomic mass is 10.4. The van der Waals surface area contributed by atoms with E-state index in [4.69, 9.17) is 0 Å². The highest BCUT2D eigenvalue weighted by atomic mass is 32.4. The van der Waals surface area contributed by atoms with Crippen LogP contribution in [0.5, 0.6) is 0 Å². The highest BCUT2D eigenvalue weighted by Crippen LogP contribution is 2.77. The Labute approximate surface area is 205 Å². The predicted octanol–water partition coefficient (Wildman–Crippen LogP) is 6.26. The van der Waals surface area contributed by atoms with Gasteiger partial charge >= 0.3 is 42.9 Å². The number of nitrogens with zero attached hydrogens (tertiary/aromatic N) is 1. The molecule has 3 rings (SSSR count). The van der Waals surface area contributed by atoms with Crippen LogP contribution in [-0.2, 0) is 20.0 Å². The van der Waals surface area contributed by atoms with Gasteiger partial charge in [0.05, 0.1) is 0 Å². The summed E-state index contributed by atoms with van der Waals surface area (Å²) < 4.78 is 187. The molecule has 1 fully saturated rings. The smallest absolute Gasteiger partial charge is 0.204 e. The Kier molecular flexibility index (Phi) is 7.19. The molecule has 208 valence electrons. The zero-order valence-electron chi connectivity index (χ0n) is 17.8. The lowest BCUT2D eigenvalue weighted by molar-refractivity contribution is -0.243. The standard InChI is InChI=1S/C19H15F10NO4S3/c20-16(21,22)18(26,27)36(31,32)30(37(33,34)19(28,29)17(23,24)25)35(15-11-12-15,13-7-3-1-4-8-13)14-9-5-2-6-10-14/h1-10,15H,11-12H2. The number of alkyl halides is 10. The average molecular weight is 608 g/mol. The molecule has 0 aliphatic heterocycles. The Morgan fingerprint density at radius 3 is 1.11 bits per heavy atom. The highest BCUT2D eigenvalue weighted by Gasteiger charge is 2.79. The number of sulfonamides is 2. The minimum atomic E-state index is -7.87. The topological polar surface area (TPSA) is 71.5 Å². The van der Waals surface area contributed by atoms with Gasteiger partial charge in [0.25, 0.3) is 0 Å². The van der Waals surface area contributed by atoms with Gasteiger partial charge in [0.1, 0.15) is 0 Å². The van der Waals surface area contributed by atoms with E-state index < -0.39 is 71.3 Å². The Morgan fingerprint density at radius 1 is 0.568 bits per heavy atom. The van der Waals surface area contributed by atoms with Crippen molar-refractivity contribution in [3.63, 3.8) is 0 Å². The van der Waals surface area contributed by atoms with E-state index in [-0.39, 0.29) is 12.8 Å². The maximum atomic E-state index is 14.5. The van der Waals surface area contributed by atoms with Crippen molar-refractivity contribution < 1.29 is 60.7 Å². The molecule has 2 aromatic rings. The molecule has 0 spiro atoms. The van der Waals surface area contributed by atoms with E-state index in [1.165, 1.54) is 12.1 Å². The molecule has 0 atom stereocenters. The van der Waals surface area contributed by atoms with Gasteiger partial charge in [-0.3, -0.25) is 0 Å². The van der Waals surface area contributed by atoms with Gasteiger partial charge in [-0.2, -0.15) is 43.9 Å². The molecule has 0 aromatic heterocycles. The van der Waals surface area contributed by atoms with Crippen LogP contribution < -0.4 is 0 Å². The summed E-state index contributed by atoms with van der Waals surface area (Å²) in [6, 6.07) is 10.1. The first-order valence-electron chi connectivity index (χ1n) is 9.79. The van der Waals surface area contributed by atoms with Gasteiger partial charge in [0, 0.05) is 15.0 Å². The summed E-state index contributed by atoms with van der Waals surface area (Å²) in [4.78, 5) is -1.29. The van der Waals surface area contributed by atoms with Crippen LogP contribution in [0.25, 0.3) is 0 Å². The third kappa shape index (κ3) is 4.38. The van der Waals surface area contributed by atoms with Crippen molar-refractivity contribution in [1.29, 1.82) is 0 Å². The molecule has 0 saturated heterocycles. The Balaban J connectivity index is 2.62. The van der Waals surface area contributed by atoms with Crippen molar-refractivity contribution in [3.05, 3.63) is 60.7 Å². The molecule has 1 saturated carbocycles. The Hall–Kier alpha value is -2.05. The number of halogens is 10. The maximum absolute atomic E-state index is 14.5. The van der Waals surface area contributed by atoms with Crippen molar-refractivity contribution in [3.8, 4) is 0 Å². The number of hydrogen-bond acceptors (Lipinski definition) is 4. The Morgan fingerprint density at radius 2 is 0.865 bits per heavy atom. The zero-order chi connectivity index (χ0) is 28.3. The first-order valence-corrected chi connectivity index (χ1v) is 14.3. The second-order valence-electron chi connectivity index (χ2n) is 7.65. The molecule has 5 nitrogen and oxygen atoms in total. The lowest BCUT2D eigenvalue weighted by Crippen LogP contribution is -2.59. The van der Waals surface area contributed by atoms with Gasteiger partial charge in [0.15, 0.2) is 0 Å². The second-order valence-corrected chi connectivity index (χ2v) is 15.2. The van der Waals surface area contributed by atoms with E-state index >= 15 is 0 Å². The number of hydrogen-bond donors (Lipinski definition) is 0. The second kappa shape index (κ2) is 9.01. The van der Waals surface area contributed by atoms with Crippen LogP contribution in [0.15, 0.2) is 70.5 Å². The van der Waals surface area contributed by atoms with Crippen LogP contribution in [-0.4, -0.2) is 48.1 Å². The minimum Gasteiger partial charge on any atom is -0.204 e. The first kappa shape index (κ1) is 29.5. The largest absolute Gasteiger partial charge is 0.471 e. The third-order valence-electron chi connectivity index (χ3n) is 5.15. The molecule has 0 unspecified atom stereocenters. The molecular weight excluding hydrogens is 592 g/mol. The molecule has 0 heterocycles. The van der Waals surface area contributed by atoms with Crippen molar-refractivity contribution in [1.82, 2.24) is 3.12 Å². The molecule has 0 radical (unpaired) electrons. The molecule has 1 aliphatic rings. The quantitative estimate of drug-likeness (QED) is 0.333. The number of benzene rings is 2. The Bertz CT molecular complexity index is 1250. The molecule has 18 heteroatoms. The predicted molar refractivity (Wildman–Crippen MR) is 112 cm³/mol. The van der Waals surface area contributed by atoms with Crippen LogP contribution in [0.1, 0.15) is 12.8 Å². The van der Waals surface area contributed by atoms with Gasteiger partial charge in [-0.1, -0.05) is 46.6 Å². The monoisotopic (exact) mass is 607 g/mol. The molecule has 0 bridgehead atoms. The van der Waals surface area contributed by atoms with Crippen LogP contribution in [0, 0.1) is 0 Å². The van der Waals surface area contributed by atoms with Crippen molar-refractivity contribution >= 4 is 30.3 Å². The first-order chi connectivity index (χ1) is 16.7. The molecule has 0 N–H and O–H groups in total. The van der Waals surface area contributed by atoms with Crippen molar-refractivity contribution in [2.45, 2.75) is 50.7 Å². The fourth-order valence-electron chi connectivity index (χ4n) is 3.40. The van der Waals surface area contributed by atoms with E-state index in [9.17, 15) is 60.7 Å². The lowest BCUT2D eigenvalue weighted by Gasteiger charge is -2.49. The van der Waals surface area contributed by atoms with E-state index in [0.29, 0.717) is 0 Å². The van der Waals surface area contributed by atoms with Crippen molar-refractivity contribution in [2.24, 2.45) is 0 Å². The van der Waals surface area contributed by atoms with Gasteiger partial charge in [-0.25, -0.2) is 16.8 Å². The van der Waals surface area contributed by atoms with Crippen LogP contribution in [0.2, 0.25) is 0 Å². The number of rotatable bonds is 8. The van der Waals surface area contributed by atoms with E-state index in [2.05, 4.69) is 0 Å². The van der Waals surface area contributed by atoms with Gasteiger partial charge in [-0.05, 0) is 40.2 Å². The fraction of sp³-hybridized carbons (Fsp3) is 0.368. The molecule has 1 aliphatic carbocycles. The summed E-state index contributed by atoms with van der Waals surface area (Å²) in [5, 5.41) is -15.7. The molecule has 2 aromatic carbocycles. The fourth-order valence-corrected chi connectivity index (χ4v) is 14.3. The van der Waals surface area contributed by atoms with E-state index in [1.807, 2.05) is 0 Å². The van der Waals surface area contributed by atoms with Gasteiger partial charge in [0.2, 0.25) is 0 Å². The molecule has 0 amide bonds. The summed E-state index contributed by atoms with van der Waals surface area (Å²) in [5.41, 5.74) is 0. The maximum Gasteiger partial charge on any atom is 0.471 e. The summed E-state index contributed by atoms with van der Waals surface area (Å²) in [7, 11) is -20.5. The average Bonchev–Trinajstić information content (AvgIpc) is 3.62. The van der Waals surface area contributed by atoms with Gasteiger partial charge < -0.3 is 0 Å². The molecule has 37 heavy (non-hydrogen) atoms. The highest BCUT2D eigenvalue weighted by molar-refractivity contribution is 8.41. The molecular formula is C19H15F10NO4S3. The summed E-state index contributed by atoms with van der Waals surface area (Å²) in [5.74, 6) is 0. The van der Waals surface area contributed by atoms with Crippen molar-refractivity contribution in [2.75, 3.05) is 0 Å². The third-order valence-corrected chi connectivity index (χ3v) is 15.3. The summed E-state index contributed by atoms with van der Waals surface area (Å²) in [6.45, 7) is 0. The SMILES string of the molecule is O=S(=O)(N(S(c1ccccc1)(c1ccccc1)C1CC1)S(=O)(=O)C(F)(F)C(F)(F)F)C(F)(F)C(F)(F)F. The normalized spacial score (nSPS) is 17.2.